The lowest BCUT2D eigenvalue weighted by atomic mass is 10.1. The third-order valence-corrected chi connectivity index (χ3v) is 5.16. The number of hydrogen-bond donors (Lipinski definition) is 4. The number of carbonyl (C=O) groups excluding carboxylic acids is 1. The van der Waals surface area contributed by atoms with Gasteiger partial charge < -0.3 is 25.6 Å². The third kappa shape index (κ3) is 9.32. The molecule has 0 radical (unpaired) electrons. The second kappa shape index (κ2) is 13.7. The van der Waals surface area contributed by atoms with Crippen molar-refractivity contribution in [1.82, 2.24) is 5.32 Å². The average Bonchev–Trinajstić information content (AvgIpc) is 2.79. The molecule has 0 spiro atoms. The number of halogens is 2. The van der Waals surface area contributed by atoms with Crippen LogP contribution >= 0.6 is 24.0 Å². The largest absolute Gasteiger partial charge is 0.508 e. The molecule has 4 N–H and O–H groups in total. The summed E-state index contributed by atoms with van der Waals surface area (Å²) in [4.78, 5) is 12.2. The van der Waals surface area contributed by atoms with E-state index in [1.54, 1.807) is 18.2 Å². The standard InChI is InChI=1S/C25H27ClN2O4.ClH/c26-24-4-2-1-3-19(24)15-25(31)28-20-7-5-18(6-8-20)13-14-27-16-22(30)17-32-23-11-9-21(29)10-12-23;/h1-12,22,27,29-30H,13-17H2,(H,28,31);1H/t22-;/m0./s1. The summed E-state index contributed by atoms with van der Waals surface area (Å²) in [6.45, 7) is 1.28. The fourth-order valence-corrected chi connectivity index (χ4v) is 3.27. The molecule has 8 heteroatoms. The van der Waals surface area contributed by atoms with E-state index in [0.29, 0.717) is 23.9 Å². The zero-order chi connectivity index (χ0) is 22.8. The van der Waals surface area contributed by atoms with Crippen LogP contribution in [0.25, 0.3) is 0 Å². The lowest BCUT2D eigenvalue weighted by molar-refractivity contribution is -0.115. The first-order valence-corrected chi connectivity index (χ1v) is 10.8. The van der Waals surface area contributed by atoms with Gasteiger partial charge in [0.2, 0.25) is 5.91 Å². The van der Waals surface area contributed by atoms with Crippen LogP contribution in [0, 0.1) is 0 Å². The van der Waals surface area contributed by atoms with Crippen LogP contribution in [0.5, 0.6) is 11.5 Å². The Balaban J connectivity index is 0.00000385. The smallest absolute Gasteiger partial charge is 0.228 e. The van der Waals surface area contributed by atoms with Crippen LogP contribution in [0.3, 0.4) is 0 Å². The van der Waals surface area contributed by atoms with E-state index in [4.69, 9.17) is 16.3 Å². The summed E-state index contributed by atoms with van der Waals surface area (Å²) in [6, 6.07) is 21.4. The van der Waals surface area contributed by atoms with Crippen LogP contribution in [0.4, 0.5) is 5.69 Å². The number of rotatable bonds is 11. The number of phenolic OH excluding ortho intramolecular Hbond substituents is 1. The molecule has 0 heterocycles. The minimum atomic E-state index is -0.639. The minimum Gasteiger partial charge on any atom is -0.508 e. The summed E-state index contributed by atoms with van der Waals surface area (Å²) >= 11 is 6.11. The predicted molar refractivity (Wildman–Crippen MR) is 134 cm³/mol. The maximum Gasteiger partial charge on any atom is 0.228 e. The number of aliphatic hydroxyl groups excluding tert-OH is 1. The SMILES string of the molecule is Cl.O=C(Cc1ccccc1Cl)Nc1ccc(CCNC[C@H](O)COc2ccc(O)cc2)cc1. The van der Waals surface area contributed by atoms with Gasteiger partial charge >= 0.3 is 0 Å². The summed E-state index contributed by atoms with van der Waals surface area (Å²) in [5.41, 5.74) is 2.65. The van der Waals surface area contributed by atoms with Gasteiger partial charge in [-0.1, -0.05) is 41.9 Å². The van der Waals surface area contributed by atoms with E-state index in [1.165, 1.54) is 12.1 Å². The summed E-state index contributed by atoms with van der Waals surface area (Å²) in [5, 5.41) is 25.9. The topological polar surface area (TPSA) is 90.8 Å². The predicted octanol–water partition coefficient (Wildman–Crippen LogP) is 4.22. The molecule has 0 bridgehead atoms. The van der Waals surface area contributed by atoms with E-state index >= 15 is 0 Å². The van der Waals surface area contributed by atoms with Crippen LogP contribution in [0.2, 0.25) is 5.02 Å². The monoisotopic (exact) mass is 490 g/mol. The Hall–Kier alpha value is -2.77. The number of amides is 1. The molecule has 0 aliphatic carbocycles. The molecule has 0 aliphatic heterocycles. The first-order valence-electron chi connectivity index (χ1n) is 10.4. The molecule has 0 fully saturated rings. The number of phenols is 1. The Kier molecular flexibility index (Phi) is 11.0. The first kappa shape index (κ1) is 26.5. The van der Waals surface area contributed by atoms with Crippen molar-refractivity contribution in [2.75, 3.05) is 25.0 Å². The molecule has 176 valence electrons. The van der Waals surface area contributed by atoms with E-state index in [2.05, 4.69) is 10.6 Å². The molecule has 33 heavy (non-hydrogen) atoms. The van der Waals surface area contributed by atoms with Gasteiger partial charge in [0.15, 0.2) is 0 Å². The Morgan fingerprint density at radius 2 is 1.70 bits per heavy atom. The minimum absolute atomic E-state index is 0. The number of ether oxygens (including phenoxy) is 1. The first-order chi connectivity index (χ1) is 15.5. The van der Waals surface area contributed by atoms with E-state index in [1.807, 2.05) is 42.5 Å². The fourth-order valence-electron chi connectivity index (χ4n) is 3.07. The van der Waals surface area contributed by atoms with E-state index < -0.39 is 6.10 Å². The van der Waals surface area contributed by atoms with Crippen molar-refractivity contribution in [2.45, 2.75) is 18.9 Å². The second-order valence-electron chi connectivity index (χ2n) is 7.43. The normalized spacial score (nSPS) is 11.3. The Bertz CT molecular complexity index is 998. The number of hydrogen-bond acceptors (Lipinski definition) is 5. The summed E-state index contributed by atoms with van der Waals surface area (Å²) < 4.78 is 5.48. The van der Waals surface area contributed by atoms with Crippen LogP contribution in [-0.4, -0.2) is 41.9 Å². The van der Waals surface area contributed by atoms with Gasteiger partial charge in [-0.2, -0.15) is 0 Å². The van der Waals surface area contributed by atoms with Gasteiger partial charge in [0.1, 0.15) is 24.2 Å². The van der Waals surface area contributed by atoms with Gasteiger partial charge in [-0.05, 0) is 66.6 Å². The molecule has 0 aliphatic rings. The van der Waals surface area contributed by atoms with Crippen molar-refractivity contribution < 1.29 is 19.7 Å². The van der Waals surface area contributed by atoms with Crippen molar-refractivity contribution in [3.8, 4) is 11.5 Å². The van der Waals surface area contributed by atoms with Crippen molar-refractivity contribution in [3.63, 3.8) is 0 Å². The summed E-state index contributed by atoms with van der Waals surface area (Å²) in [5.74, 6) is 0.656. The highest BCUT2D eigenvalue weighted by molar-refractivity contribution is 6.31. The molecule has 6 nitrogen and oxygen atoms in total. The zero-order valence-electron chi connectivity index (χ0n) is 18.0. The number of anilines is 1. The lowest BCUT2D eigenvalue weighted by Gasteiger charge is -2.13. The van der Waals surface area contributed by atoms with Crippen molar-refractivity contribution in [3.05, 3.63) is 88.9 Å². The van der Waals surface area contributed by atoms with Crippen LogP contribution in [0.15, 0.2) is 72.8 Å². The molecule has 0 unspecified atom stereocenters. The maximum atomic E-state index is 12.2. The van der Waals surface area contributed by atoms with Gasteiger partial charge in [0.05, 0.1) is 6.42 Å². The second-order valence-corrected chi connectivity index (χ2v) is 7.83. The highest BCUT2D eigenvalue weighted by Crippen LogP contribution is 2.17. The van der Waals surface area contributed by atoms with Crippen LogP contribution < -0.4 is 15.4 Å². The Labute approximate surface area is 205 Å². The van der Waals surface area contributed by atoms with E-state index in [9.17, 15) is 15.0 Å². The van der Waals surface area contributed by atoms with Crippen molar-refractivity contribution in [1.29, 1.82) is 0 Å². The number of carbonyl (C=O) groups is 1. The van der Waals surface area contributed by atoms with Gasteiger partial charge in [-0.3, -0.25) is 4.79 Å². The highest BCUT2D eigenvalue weighted by Gasteiger charge is 2.08. The van der Waals surface area contributed by atoms with Gasteiger partial charge in [0, 0.05) is 17.3 Å². The molecule has 0 saturated heterocycles. The van der Waals surface area contributed by atoms with Crippen LogP contribution in [-0.2, 0) is 17.6 Å². The number of nitrogens with one attached hydrogen (secondary N) is 2. The molecule has 0 aromatic heterocycles. The molecule has 3 aromatic carbocycles. The zero-order valence-corrected chi connectivity index (χ0v) is 19.6. The van der Waals surface area contributed by atoms with Gasteiger partial charge in [-0.15, -0.1) is 12.4 Å². The molecular weight excluding hydrogens is 463 g/mol. The quantitative estimate of drug-likeness (QED) is 0.302. The molecule has 3 rings (SSSR count). The van der Waals surface area contributed by atoms with E-state index in [0.717, 1.165) is 23.2 Å². The fraction of sp³-hybridized carbons (Fsp3) is 0.240. The third-order valence-electron chi connectivity index (χ3n) is 4.80. The van der Waals surface area contributed by atoms with Gasteiger partial charge in [-0.25, -0.2) is 0 Å². The molecule has 0 saturated carbocycles. The Morgan fingerprint density at radius 3 is 2.39 bits per heavy atom. The molecule has 1 amide bonds. The molecule has 3 aromatic rings. The van der Waals surface area contributed by atoms with Crippen molar-refractivity contribution >= 4 is 35.6 Å². The number of aromatic hydroxyl groups is 1. The number of aliphatic hydroxyl groups is 1. The molecular formula is C25H28Cl2N2O4. The van der Waals surface area contributed by atoms with Crippen molar-refractivity contribution in [2.24, 2.45) is 0 Å². The average molecular weight is 491 g/mol. The van der Waals surface area contributed by atoms with Gasteiger partial charge in [0.25, 0.3) is 0 Å². The van der Waals surface area contributed by atoms with E-state index in [-0.39, 0.29) is 37.1 Å². The summed E-state index contributed by atoms with van der Waals surface area (Å²) in [6.07, 6.45) is 0.378. The Morgan fingerprint density at radius 1 is 1.00 bits per heavy atom. The summed E-state index contributed by atoms with van der Waals surface area (Å²) in [7, 11) is 0. The molecule has 1 atom stereocenters. The van der Waals surface area contributed by atoms with Crippen LogP contribution in [0.1, 0.15) is 11.1 Å². The highest BCUT2D eigenvalue weighted by atomic mass is 35.5. The number of benzene rings is 3. The maximum absolute atomic E-state index is 12.2. The lowest BCUT2D eigenvalue weighted by Crippen LogP contribution is -2.32.